The molecule has 1 fully saturated rings. The van der Waals surface area contributed by atoms with E-state index >= 15 is 0 Å². The minimum Gasteiger partial charge on any atom is -0.596 e. The van der Waals surface area contributed by atoms with Crippen LogP contribution in [-0.4, -0.2) is 30.8 Å². The molecule has 0 bridgehead atoms. The second kappa shape index (κ2) is 10.1. The predicted molar refractivity (Wildman–Crippen MR) is 96.9 cm³/mol. The van der Waals surface area contributed by atoms with E-state index in [0.29, 0.717) is 6.61 Å². The third kappa shape index (κ3) is 5.28. The van der Waals surface area contributed by atoms with Crippen molar-refractivity contribution in [2.75, 3.05) is 13.7 Å². The van der Waals surface area contributed by atoms with Crippen molar-refractivity contribution in [1.29, 1.82) is 0 Å². The van der Waals surface area contributed by atoms with Crippen LogP contribution in [0.2, 0.25) is 0 Å². The summed E-state index contributed by atoms with van der Waals surface area (Å²) in [7, 11) is 1.51. The zero-order valence-corrected chi connectivity index (χ0v) is 15.3. The Kier molecular flexibility index (Phi) is 8.19. The van der Waals surface area contributed by atoms with Crippen LogP contribution in [0.1, 0.15) is 63.9 Å². The average Bonchev–Trinajstić information content (AvgIpc) is 2.92. The first-order valence-electron chi connectivity index (χ1n) is 9.51. The Hall–Kier alpha value is -0.940. The van der Waals surface area contributed by atoms with E-state index in [1.807, 2.05) is 18.2 Å². The SMILES string of the molecule is CCCCCCCCOC1CCC(Cc2ccccc2)[N+]1([O-])OC. The molecule has 0 aliphatic carbocycles. The van der Waals surface area contributed by atoms with Crippen LogP contribution in [0.3, 0.4) is 0 Å². The molecule has 3 atom stereocenters. The summed E-state index contributed by atoms with van der Waals surface area (Å²) in [6.07, 6.45) is 9.38. The predicted octanol–water partition coefficient (Wildman–Crippen LogP) is 4.97. The van der Waals surface area contributed by atoms with Gasteiger partial charge in [-0.3, -0.25) is 0 Å². The molecule has 0 amide bonds. The molecule has 0 aromatic heterocycles. The van der Waals surface area contributed by atoms with Crippen molar-refractivity contribution < 1.29 is 14.4 Å². The smallest absolute Gasteiger partial charge is 0.223 e. The van der Waals surface area contributed by atoms with Crippen LogP contribution in [0.4, 0.5) is 0 Å². The number of quaternary nitrogens is 1. The van der Waals surface area contributed by atoms with Gasteiger partial charge in [-0.1, -0.05) is 69.4 Å². The van der Waals surface area contributed by atoms with Crippen molar-refractivity contribution in [1.82, 2.24) is 0 Å². The van der Waals surface area contributed by atoms with Crippen molar-refractivity contribution in [3.8, 4) is 0 Å². The molecule has 4 heteroatoms. The molecule has 3 unspecified atom stereocenters. The molecule has 136 valence electrons. The molecule has 1 aliphatic rings. The van der Waals surface area contributed by atoms with E-state index in [1.54, 1.807) is 0 Å². The van der Waals surface area contributed by atoms with Crippen LogP contribution < -0.4 is 0 Å². The van der Waals surface area contributed by atoms with Crippen molar-refractivity contribution in [2.45, 2.75) is 77.0 Å². The monoisotopic (exact) mass is 335 g/mol. The molecule has 1 aromatic rings. The summed E-state index contributed by atoms with van der Waals surface area (Å²) in [6, 6.07) is 10.1. The molecule has 0 N–H and O–H groups in total. The number of nitrogens with zero attached hydrogens (tertiary/aromatic N) is 1. The van der Waals surface area contributed by atoms with Crippen LogP contribution in [0.25, 0.3) is 0 Å². The summed E-state index contributed by atoms with van der Waals surface area (Å²) in [5, 5.41) is 13.1. The molecule has 24 heavy (non-hydrogen) atoms. The highest BCUT2D eigenvalue weighted by Crippen LogP contribution is 2.35. The average molecular weight is 335 g/mol. The van der Waals surface area contributed by atoms with Crippen LogP contribution >= 0.6 is 0 Å². The molecule has 1 aromatic carbocycles. The Bertz CT molecular complexity index is 453. The fourth-order valence-corrected chi connectivity index (χ4v) is 3.60. The summed E-state index contributed by atoms with van der Waals surface area (Å²) < 4.78 is 5.92. The van der Waals surface area contributed by atoms with Gasteiger partial charge >= 0.3 is 0 Å². The van der Waals surface area contributed by atoms with Gasteiger partial charge < -0.3 is 9.94 Å². The summed E-state index contributed by atoms with van der Waals surface area (Å²) in [6.45, 7) is 2.89. The van der Waals surface area contributed by atoms with Gasteiger partial charge in [0.25, 0.3) is 0 Å². The fraction of sp³-hybridized carbons (Fsp3) is 0.700. The Morgan fingerprint density at radius 1 is 1.04 bits per heavy atom. The molecule has 0 spiro atoms. The van der Waals surface area contributed by atoms with Gasteiger partial charge in [-0.25, -0.2) is 4.84 Å². The van der Waals surface area contributed by atoms with Crippen LogP contribution in [0.15, 0.2) is 30.3 Å². The highest BCUT2D eigenvalue weighted by Gasteiger charge is 2.45. The Morgan fingerprint density at radius 3 is 2.46 bits per heavy atom. The standard InChI is InChI=1S/C20H33NO3/c1-3-4-5-6-7-11-16-24-20-15-14-19(21(20,22)23-2)17-18-12-9-8-10-13-18/h8-10,12-13,19-20H,3-7,11,14-17H2,1-2H3. The van der Waals surface area contributed by atoms with E-state index in [4.69, 9.17) is 9.57 Å². The first-order valence-corrected chi connectivity index (χ1v) is 9.51. The molecule has 2 rings (SSSR count). The molecule has 0 radical (unpaired) electrons. The third-order valence-electron chi connectivity index (χ3n) is 5.06. The normalized spacial score (nSPS) is 26.8. The van der Waals surface area contributed by atoms with Crippen molar-refractivity contribution >= 4 is 0 Å². The fourth-order valence-electron chi connectivity index (χ4n) is 3.60. The second-order valence-electron chi connectivity index (χ2n) is 6.84. The van der Waals surface area contributed by atoms with Gasteiger partial charge in [-0.05, 0) is 12.0 Å². The third-order valence-corrected chi connectivity index (χ3v) is 5.06. The van der Waals surface area contributed by atoms with Crippen LogP contribution in [0, 0.1) is 5.21 Å². The number of hydrogen-bond acceptors (Lipinski definition) is 3. The highest BCUT2D eigenvalue weighted by molar-refractivity contribution is 5.15. The number of hydroxylamine groups is 4. The number of ether oxygens (including phenoxy) is 1. The summed E-state index contributed by atoms with van der Waals surface area (Å²) in [5.74, 6) is 0. The molecular weight excluding hydrogens is 302 g/mol. The Labute approximate surface area is 146 Å². The molecule has 1 heterocycles. The van der Waals surface area contributed by atoms with E-state index in [1.165, 1.54) is 44.8 Å². The number of benzene rings is 1. The zero-order chi connectivity index (χ0) is 17.3. The van der Waals surface area contributed by atoms with Gasteiger partial charge in [0.05, 0.1) is 13.7 Å². The Balaban J connectivity index is 1.77. The Morgan fingerprint density at radius 2 is 1.75 bits per heavy atom. The van der Waals surface area contributed by atoms with Crippen LogP contribution in [-0.2, 0) is 16.0 Å². The number of rotatable bonds is 11. The van der Waals surface area contributed by atoms with Gasteiger partial charge in [-0.15, -0.1) is 0 Å². The highest BCUT2D eigenvalue weighted by atomic mass is 16.9. The quantitative estimate of drug-likeness (QED) is 0.326. The van der Waals surface area contributed by atoms with Crippen molar-refractivity contribution in [3.63, 3.8) is 0 Å². The minimum atomic E-state index is -0.662. The summed E-state index contributed by atoms with van der Waals surface area (Å²) in [5.41, 5.74) is 1.19. The van der Waals surface area contributed by atoms with E-state index in [0.717, 1.165) is 25.7 Å². The maximum Gasteiger partial charge on any atom is 0.223 e. The maximum atomic E-state index is 13.1. The first kappa shape index (κ1) is 19.4. The van der Waals surface area contributed by atoms with E-state index in [9.17, 15) is 5.21 Å². The summed E-state index contributed by atoms with van der Waals surface area (Å²) >= 11 is 0. The lowest BCUT2D eigenvalue weighted by atomic mass is 10.0. The zero-order valence-electron chi connectivity index (χ0n) is 15.3. The van der Waals surface area contributed by atoms with Gasteiger partial charge in [0.2, 0.25) is 6.23 Å². The van der Waals surface area contributed by atoms with Gasteiger partial charge in [0.1, 0.15) is 6.04 Å². The lowest BCUT2D eigenvalue weighted by molar-refractivity contribution is -1.10. The number of unbranched alkanes of at least 4 members (excludes halogenated alkanes) is 5. The largest absolute Gasteiger partial charge is 0.596 e. The lowest BCUT2D eigenvalue weighted by Gasteiger charge is -2.43. The van der Waals surface area contributed by atoms with Gasteiger partial charge in [0, 0.05) is 19.3 Å². The van der Waals surface area contributed by atoms with E-state index in [-0.39, 0.29) is 12.3 Å². The summed E-state index contributed by atoms with van der Waals surface area (Å²) in [4.78, 5) is 4.70. The van der Waals surface area contributed by atoms with Gasteiger partial charge in [-0.2, -0.15) is 4.81 Å². The maximum absolute atomic E-state index is 13.1. The van der Waals surface area contributed by atoms with Crippen molar-refractivity contribution in [3.05, 3.63) is 41.1 Å². The molecule has 4 nitrogen and oxygen atoms in total. The topological polar surface area (TPSA) is 41.5 Å². The van der Waals surface area contributed by atoms with Crippen molar-refractivity contribution in [2.24, 2.45) is 0 Å². The minimum absolute atomic E-state index is 0.0769. The molecular formula is C20H33NO3. The van der Waals surface area contributed by atoms with E-state index < -0.39 is 4.81 Å². The molecule has 1 aliphatic heterocycles. The first-order chi connectivity index (χ1) is 11.7. The second-order valence-corrected chi connectivity index (χ2v) is 6.84. The molecule has 1 saturated heterocycles. The molecule has 0 saturated carbocycles. The van der Waals surface area contributed by atoms with Gasteiger partial charge in [0.15, 0.2) is 0 Å². The number of hydrogen-bond donors (Lipinski definition) is 0. The lowest BCUT2D eigenvalue weighted by Crippen LogP contribution is -2.52. The van der Waals surface area contributed by atoms with E-state index in [2.05, 4.69) is 19.1 Å². The van der Waals surface area contributed by atoms with Crippen LogP contribution in [0.5, 0.6) is 0 Å².